The standard InChI is InChI=1S/C28H33F7N8O4/c29-23(30)21-22(42-47-41-21)25(45)38-20(13-1-5-27(31,32)6-2-13)18-12-43-26(37-18)39-19(14-3-7-46-8-4-14)17(40-43)10-15-9-16(28(33,34)35)11-36-24(15)44/h12-16,20-21,23,41H,1-11H2,(H,36,44)(H,38,45). The minimum Gasteiger partial charge on any atom is -0.381 e. The molecule has 0 bridgehead atoms. The second-order valence-corrected chi connectivity index (χ2v) is 12.5. The number of hydroxylamine groups is 1. The van der Waals surface area contributed by atoms with Crippen LogP contribution in [-0.2, 0) is 25.7 Å². The predicted octanol–water partition coefficient (Wildman–Crippen LogP) is 3.38. The summed E-state index contributed by atoms with van der Waals surface area (Å²) in [6.07, 6.45) is -6.50. The maximum Gasteiger partial charge on any atom is 0.393 e. The predicted molar refractivity (Wildman–Crippen MR) is 147 cm³/mol. The molecule has 2 aromatic rings. The third kappa shape index (κ3) is 7.29. The number of aromatic nitrogens is 4. The number of hydrogen-bond acceptors (Lipinski definition) is 9. The van der Waals surface area contributed by atoms with Crippen molar-refractivity contribution in [3.8, 4) is 0 Å². The first-order chi connectivity index (χ1) is 22.3. The number of carbonyl (C=O) groups excluding carboxylic acids is 2. The molecule has 12 nitrogen and oxygen atoms in total. The molecule has 0 spiro atoms. The molecular weight excluding hydrogens is 645 g/mol. The number of ether oxygens (including phenoxy) is 1. The third-order valence-electron chi connectivity index (χ3n) is 9.35. The van der Waals surface area contributed by atoms with E-state index in [1.807, 2.05) is 5.48 Å². The number of carbonyl (C=O) groups is 2. The van der Waals surface area contributed by atoms with Gasteiger partial charge < -0.3 is 15.4 Å². The summed E-state index contributed by atoms with van der Waals surface area (Å²) in [6.45, 7) is 0.326. The van der Waals surface area contributed by atoms with Crippen LogP contribution in [0.3, 0.4) is 0 Å². The molecule has 2 saturated heterocycles. The highest BCUT2D eigenvalue weighted by Gasteiger charge is 2.46. The largest absolute Gasteiger partial charge is 0.393 e. The highest BCUT2D eigenvalue weighted by Crippen LogP contribution is 2.42. The summed E-state index contributed by atoms with van der Waals surface area (Å²) in [7, 11) is 0. The normalized spacial score (nSPS) is 26.6. The van der Waals surface area contributed by atoms with Crippen molar-refractivity contribution in [2.75, 3.05) is 19.8 Å². The summed E-state index contributed by atoms with van der Waals surface area (Å²) < 4.78 is 103. The molecule has 0 radical (unpaired) electrons. The van der Waals surface area contributed by atoms with Crippen LogP contribution in [-0.4, -0.2) is 81.4 Å². The molecule has 3 N–H and O–H groups in total. The molecule has 1 aliphatic carbocycles. The van der Waals surface area contributed by atoms with Crippen LogP contribution < -0.4 is 16.1 Å². The van der Waals surface area contributed by atoms with Crippen LogP contribution in [0.15, 0.2) is 11.4 Å². The molecule has 19 heteroatoms. The smallest absolute Gasteiger partial charge is 0.381 e. The van der Waals surface area contributed by atoms with Gasteiger partial charge in [0.25, 0.3) is 18.1 Å². The number of hydrogen-bond donors (Lipinski definition) is 3. The van der Waals surface area contributed by atoms with Crippen molar-refractivity contribution in [2.24, 2.45) is 22.9 Å². The highest BCUT2D eigenvalue weighted by molar-refractivity contribution is 6.41. The van der Waals surface area contributed by atoms with Crippen molar-refractivity contribution < 1.29 is 50.0 Å². The molecule has 4 unspecified atom stereocenters. The molecule has 5 heterocycles. The molecule has 4 aliphatic rings. The zero-order valence-corrected chi connectivity index (χ0v) is 24.9. The van der Waals surface area contributed by atoms with E-state index in [9.17, 15) is 40.3 Å². The first-order valence-corrected chi connectivity index (χ1v) is 15.4. The molecule has 1 saturated carbocycles. The lowest BCUT2D eigenvalue weighted by molar-refractivity contribution is -0.183. The van der Waals surface area contributed by atoms with Gasteiger partial charge >= 0.3 is 6.18 Å². The fraction of sp³-hybridized carbons (Fsp3) is 0.714. The molecule has 0 aromatic carbocycles. The Labute approximate surface area is 263 Å². The highest BCUT2D eigenvalue weighted by atomic mass is 19.4. The van der Waals surface area contributed by atoms with Crippen LogP contribution in [0.5, 0.6) is 0 Å². The van der Waals surface area contributed by atoms with E-state index in [-0.39, 0.29) is 36.7 Å². The quantitative estimate of drug-likeness (QED) is 0.361. The van der Waals surface area contributed by atoms with Gasteiger partial charge in [0, 0.05) is 50.9 Å². The summed E-state index contributed by atoms with van der Waals surface area (Å²) in [4.78, 5) is 39.6. The summed E-state index contributed by atoms with van der Waals surface area (Å²) in [5.41, 5.74) is 2.25. The minimum absolute atomic E-state index is 0.0120. The van der Waals surface area contributed by atoms with Crippen LogP contribution in [0.2, 0.25) is 0 Å². The Morgan fingerprint density at radius 2 is 1.85 bits per heavy atom. The van der Waals surface area contributed by atoms with Gasteiger partial charge in [-0.1, -0.05) is 5.16 Å². The van der Waals surface area contributed by atoms with Crippen molar-refractivity contribution in [3.63, 3.8) is 0 Å². The third-order valence-corrected chi connectivity index (χ3v) is 9.35. The van der Waals surface area contributed by atoms with Crippen LogP contribution >= 0.6 is 0 Å². The van der Waals surface area contributed by atoms with Gasteiger partial charge in [-0.2, -0.15) is 18.3 Å². The van der Waals surface area contributed by atoms with Gasteiger partial charge in [0.1, 0.15) is 0 Å². The van der Waals surface area contributed by atoms with Gasteiger partial charge in [-0.25, -0.2) is 32.0 Å². The number of oxime groups is 1. The van der Waals surface area contributed by atoms with Gasteiger partial charge in [-0.3, -0.25) is 14.5 Å². The molecule has 6 rings (SSSR count). The number of imidazole rings is 1. The van der Waals surface area contributed by atoms with Crippen LogP contribution in [0, 0.1) is 17.8 Å². The number of halogens is 7. The van der Waals surface area contributed by atoms with E-state index >= 15 is 0 Å². The molecule has 3 aliphatic heterocycles. The molecule has 2 aromatic heterocycles. The van der Waals surface area contributed by atoms with Crippen molar-refractivity contribution >= 4 is 23.3 Å². The van der Waals surface area contributed by atoms with E-state index in [4.69, 9.17) is 9.72 Å². The summed E-state index contributed by atoms with van der Waals surface area (Å²) in [5.74, 6) is -7.84. The SMILES string of the molecule is O=C(NC(c1cn2nc(CC3CC(C(F)(F)F)CNC3=O)c(C3CCOCC3)nc2n1)C1CCC(F)(F)CC1)C1=NONC1C(F)F. The number of rotatable bonds is 8. The summed E-state index contributed by atoms with van der Waals surface area (Å²) in [6, 6.07) is -2.84. The van der Waals surface area contributed by atoms with Crippen molar-refractivity contribution in [3.05, 3.63) is 23.3 Å². The first-order valence-electron chi connectivity index (χ1n) is 15.4. The van der Waals surface area contributed by atoms with E-state index < -0.39 is 91.7 Å². The summed E-state index contributed by atoms with van der Waals surface area (Å²) in [5, 5.41) is 13.0. The number of piperidine rings is 1. The molecule has 258 valence electrons. The van der Waals surface area contributed by atoms with Crippen molar-refractivity contribution in [1.82, 2.24) is 35.7 Å². The Kier molecular flexibility index (Phi) is 9.30. The molecule has 3 fully saturated rings. The van der Waals surface area contributed by atoms with E-state index in [1.54, 1.807) is 0 Å². The van der Waals surface area contributed by atoms with E-state index in [1.165, 1.54) is 10.7 Å². The van der Waals surface area contributed by atoms with Gasteiger partial charge in [-0.15, -0.1) is 5.48 Å². The molecule has 2 amide bonds. The van der Waals surface area contributed by atoms with Gasteiger partial charge in [0.2, 0.25) is 11.8 Å². The zero-order valence-electron chi connectivity index (χ0n) is 24.9. The van der Waals surface area contributed by atoms with Gasteiger partial charge in [0.15, 0.2) is 11.8 Å². The number of nitrogens with one attached hydrogen (secondary N) is 3. The number of amides is 2. The molecule has 4 atom stereocenters. The molecule has 47 heavy (non-hydrogen) atoms. The van der Waals surface area contributed by atoms with E-state index in [0.717, 1.165) is 0 Å². The van der Waals surface area contributed by atoms with Gasteiger partial charge in [0.05, 0.1) is 35.2 Å². The number of nitrogens with zero attached hydrogens (tertiary/aromatic N) is 5. The van der Waals surface area contributed by atoms with Crippen LogP contribution in [0.1, 0.15) is 74.0 Å². The monoisotopic (exact) mass is 678 g/mol. The number of fused-ring (bicyclic) bond motifs is 1. The van der Waals surface area contributed by atoms with Crippen molar-refractivity contribution in [2.45, 2.75) is 87.9 Å². The van der Waals surface area contributed by atoms with Crippen LogP contribution in [0.4, 0.5) is 30.7 Å². The zero-order chi connectivity index (χ0) is 33.5. The Morgan fingerprint density at radius 3 is 2.53 bits per heavy atom. The fourth-order valence-electron chi connectivity index (χ4n) is 6.68. The van der Waals surface area contributed by atoms with Crippen molar-refractivity contribution in [1.29, 1.82) is 0 Å². The Bertz CT molecular complexity index is 1500. The lowest BCUT2D eigenvalue weighted by Crippen LogP contribution is -2.47. The minimum atomic E-state index is -4.49. The van der Waals surface area contributed by atoms with E-state index in [0.29, 0.717) is 37.4 Å². The second-order valence-electron chi connectivity index (χ2n) is 12.5. The topological polar surface area (TPSA) is 144 Å². The average Bonchev–Trinajstić information content (AvgIpc) is 3.68. The maximum atomic E-state index is 14.1. The molecular formula is C28H33F7N8O4. The van der Waals surface area contributed by atoms with E-state index in [2.05, 4.69) is 30.8 Å². The number of alkyl halides is 7. The lowest BCUT2D eigenvalue weighted by Gasteiger charge is -2.33. The fourth-order valence-corrected chi connectivity index (χ4v) is 6.68. The Morgan fingerprint density at radius 1 is 1.13 bits per heavy atom. The lowest BCUT2D eigenvalue weighted by atomic mass is 9.81. The maximum absolute atomic E-state index is 14.1. The Balaban J connectivity index is 1.34. The average molecular weight is 679 g/mol. The first kappa shape index (κ1) is 33.3. The summed E-state index contributed by atoms with van der Waals surface area (Å²) >= 11 is 0. The van der Waals surface area contributed by atoms with Gasteiger partial charge in [-0.05, 0) is 38.0 Å². The Hall–Kier alpha value is -3.61. The van der Waals surface area contributed by atoms with Crippen LogP contribution in [0.25, 0.3) is 5.78 Å². The second kappa shape index (κ2) is 13.1.